The molecule has 152 valence electrons. The Morgan fingerprint density at radius 2 is 1.64 bits per heavy atom. The average Bonchev–Trinajstić information content (AvgIpc) is 2.72. The van der Waals surface area contributed by atoms with Gasteiger partial charge in [-0.05, 0) is 49.1 Å². The number of aryl methyl sites for hydroxylation is 1. The molecule has 0 heterocycles. The van der Waals surface area contributed by atoms with E-state index in [2.05, 4.69) is 11.4 Å². The number of hydrogen-bond donors (Lipinski definition) is 1. The van der Waals surface area contributed by atoms with Crippen molar-refractivity contribution in [3.63, 3.8) is 0 Å². The first-order valence-corrected chi connectivity index (χ1v) is 9.93. The van der Waals surface area contributed by atoms with Crippen LogP contribution in [0.4, 0.5) is 0 Å². The second-order valence-corrected chi connectivity index (χ2v) is 6.42. The molecule has 2 rings (SSSR count). The molecular formula is C23H31NO4. The predicted molar refractivity (Wildman–Crippen MR) is 110 cm³/mol. The Hall–Kier alpha value is -2.37. The fraction of sp³-hybridized carbons (Fsp3) is 0.435. The van der Waals surface area contributed by atoms with E-state index in [1.54, 1.807) is 0 Å². The van der Waals surface area contributed by atoms with E-state index in [0.29, 0.717) is 52.4 Å². The van der Waals surface area contributed by atoms with Gasteiger partial charge >= 0.3 is 0 Å². The zero-order valence-corrected chi connectivity index (χ0v) is 16.9. The van der Waals surface area contributed by atoms with Crippen LogP contribution in [0.1, 0.15) is 37.0 Å². The molecular weight excluding hydrogens is 354 g/mol. The number of amides is 1. The molecule has 0 aliphatic carbocycles. The van der Waals surface area contributed by atoms with Crippen molar-refractivity contribution in [2.75, 3.05) is 26.4 Å². The molecule has 28 heavy (non-hydrogen) atoms. The number of carbonyl (C=O) groups is 1. The van der Waals surface area contributed by atoms with E-state index in [9.17, 15) is 4.79 Å². The summed E-state index contributed by atoms with van der Waals surface area (Å²) in [6.07, 6.45) is 1.18. The van der Waals surface area contributed by atoms with Crippen LogP contribution < -0.4 is 10.1 Å². The van der Waals surface area contributed by atoms with E-state index < -0.39 is 0 Å². The van der Waals surface area contributed by atoms with Crippen molar-refractivity contribution < 1.29 is 19.0 Å². The zero-order valence-electron chi connectivity index (χ0n) is 16.9. The summed E-state index contributed by atoms with van der Waals surface area (Å²) in [6.45, 7) is 7.56. The van der Waals surface area contributed by atoms with Gasteiger partial charge in [0.1, 0.15) is 5.75 Å². The van der Waals surface area contributed by atoms with E-state index in [1.165, 1.54) is 0 Å². The van der Waals surface area contributed by atoms with Gasteiger partial charge in [0.2, 0.25) is 5.91 Å². The van der Waals surface area contributed by atoms with Crippen LogP contribution in [0.15, 0.2) is 48.5 Å². The minimum atomic E-state index is 0.0484. The maximum Gasteiger partial charge on any atom is 0.220 e. The Morgan fingerprint density at radius 1 is 0.893 bits per heavy atom. The lowest BCUT2D eigenvalue weighted by Crippen LogP contribution is -2.23. The maximum absolute atomic E-state index is 12.1. The normalized spacial score (nSPS) is 10.6. The van der Waals surface area contributed by atoms with Crippen molar-refractivity contribution in [1.82, 2.24) is 5.32 Å². The maximum atomic E-state index is 12.1. The first-order valence-electron chi connectivity index (χ1n) is 9.93. The molecule has 1 amide bonds. The predicted octanol–water partition coefficient (Wildman–Crippen LogP) is 3.89. The van der Waals surface area contributed by atoms with Crippen LogP contribution in [-0.4, -0.2) is 32.3 Å². The lowest BCUT2D eigenvalue weighted by molar-refractivity contribution is -0.121. The average molecular weight is 386 g/mol. The highest BCUT2D eigenvalue weighted by atomic mass is 16.5. The van der Waals surface area contributed by atoms with Crippen molar-refractivity contribution in [2.45, 2.75) is 39.8 Å². The summed E-state index contributed by atoms with van der Waals surface area (Å²) in [7, 11) is 0. The third-order valence-electron chi connectivity index (χ3n) is 4.20. The second-order valence-electron chi connectivity index (χ2n) is 6.42. The third-order valence-corrected chi connectivity index (χ3v) is 4.20. The van der Waals surface area contributed by atoms with Crippen LogP contribution in [0.5, 0.6) is 5.75 Å². The largest absolute Gasteiger partial charge is 0.494 e. The van der Waals surface area contributed by atoms with Gasteiger partial charge in [-0.1, -0.05) is 36.4 Å². The van der Waals surface area contributed by atoms with Gasteiger partial charge in [0.15, 0.2) is 0 Å². The van der Waals surface area contributed by atoms with Gasteiger partial charge < -0.3 is 19.5 Å². The van der Waals surface area contributed by atoms with Crippen molar-refractivity contribution in [2.24, 2.45) is 0 Å². The number of carbonyl (C=O) groups excluding carboxylic acids is 1. The molecule has 5 nitrogen and oxygen atoms in total. The van der Waals surface area contributed by atoms with Gasteiger partial charge in [-0.2, -0.15) is 0 Å². The van der Waals surface area contributed by atoms with E-state index in [0.717, 1.165) is 22.4 Å². The SMILES string of the molecule is CCOCCOCc1cccc(CNC(=O)CCc2ccc(OCC)cc2)c1. The highest BCUT2D eigenvalue weighted by Crippen LogP contribution is 2.13. The van der Waals surface area contributed by atoms with E-state index >= 15 is 0 Å². The highest BCUT2D eigenvalue weighted by molar-refractivity contribution is 5.76. The van der Waals surface area contributed by atoms with Crippen molar-refractivity contribution >= 4 is 5.91 Å². The molecule has 0 bridgehead atoms. The van der Waals surface area contributed by atoms with E-state index in [1.807, 2.05) is 56.3 Å². The van der Waals surface area contributed by atoms with Gasteiger partial charge in [0.05, 0.1) is 26.4 Å². The first kappa shape index (κ1) is 21.9. The molecule has 2 aromatic carbocycles. The summed E-state index contributed by atoms with van der Waals surface area (Å²) in [5.41, 5.74) is 3.29. The Bertz CT molecular complexity index is 700. The molecule has 0 saturated heterocycles. The second kappa shape index (κ2) is 12.9. The van der Waals surface area contributed by atoms with Gasteiger partial charge in [-0.3, -0.25) is 4.79 Å². The lowest BCUT2D eigenvalue weighted by atomic mass is 10.1. The quantitative estimate of drug-likeness (QED) is 0.532. The van der Waals surface area contributed by atoms with E-state index in [4.69, 9.17) is 14.2 Å². The zero-order chi connectivity index (χ0) is 20.0. The standard InChI is InChI=1S/C23H31NO4/c1-3-26-14-15-27-18-21-7-5-6-20(16-21)17-24-23(25)13-10-19-8-11-22(12-9-19)28-4-2/h5-9,11-12,16H,3-4,10,13-15,17-18H2,1-2H3,(H,24,25). The molecule has 5 heteroatoms. The number of nitrogens with one attached hydrogen (secondary N) is 1. The number of rotatable bonds is 13. The summed E-state index contributed by atoms with van der Waals surface area (Å²) in [6, 6.07) is 16.0. The third kappa shape index (κ3) is 8.55. The van der Waals surface area contributed by atoms with Crippen LogP contribution in [0.25, 0.3) is 0 Å². The smallest absolute Gasteiger partial charge is 0.220 e. The van der Waals surface area contributed by atoms with Gasteiger partial charge in [-0.15, -0.1) is 0 Å². The Balaban J connectivity index is 1.69. The van der Waals surface area contributed by atoms with Crippen LogP contribution in [0.2, 0.25) is 0 Å². The number of ether oxygens (including phenoxy) is 3. The van der Waals surface area contributed by atoms with Crippen molar-refractivity contribution in [1.29, 1.82) is 0 Å². The van der Waals surface area contributed by atoms with Crippen LogP contribution in [0, 0.1) is 0 Å². The van der Waals surface area contributed by atoms with Crippen LogP contribution in [0.3, 0.4) is 0 Å². The molecule has 0 aromatic heterocycles. The number of hydrogen-bond acceptors (Lipinski definition) is 4. The Labute approximate surface area is 168 Å². The van der Waals surface area contributed by atoms with Gasteiger partial charge in [0.25, 0.3) is 0 Å². The molecule has 0 aliphatic rings. The molecule has 0 spiro atoms. The van der Waals surface area contributed by atoms with Gasteiger partial charge in [0, 0.05) is 19.6 Å². The molecule has 0 fully saturated rings. The monoisotopic (exact) mass is 385 g/mol. The molecule has 2 aromatic rings. The molecule has 0 saturated carbocycles. The summed E-state index contributed by atoms with van der Waals surface area (Å²) >= 11 is 0. The summed E-state index contributed by atoms with van der Waals surface area (Å²) < 4.78 is 16.3. The molecule has 0 atom stereocenters. The first-order chi connectivity index (χ1) is 13.7. The topological polar surface area (TPSA) is 56.8 Å². The Kier molecular flexibility index (Phi) is 10.1. The van der Waals surface area contributed by atoms with Crippen molar-refractivity contribution in [3.8, 4) is 5.75 Å². The Morgan fingerprint density at radius 3 is 2.39 bits per heavy atom. The van der Waals surface area contributed by atoms with Crippen LogP contribution in [-0.2, 0) is 33.8 Å². The van der Waals surface area contributed by atoms with Gasteiger partial charge in [-0.25, -0.2) is 0 Å². The summed E-state index contributed by atoms with van der Waals surface area (Å²) in [5.74, 6) is 0.907. The minimum Gasteiger partial charge on any atom is -0.494 e. The summed E-state index contributed by atoms with van der Waals surface area (Å²) in [5, 5.41) is 2.99. The molecule has 0 aliphatic heterocycles. The minimum absolute atomic E-state index is 0.0484. The van der Waals surface area contributed by atoms with Crippen LogP contribution >= 0.6 is 0 Å². The number of benzene rings is 2. The molecule has 1 N–H and O–H groups in total. The fourth-order valence-electron chi connectivity index (χ4n) is 2.75. The highest BCUT2D eigenvalue weighted by Gasteiger charge is 2.04. The summed E-state index contributed by atoms with van der Waals surface area (Å²) in [4.78, 5) is 12.1. The van der Waals surface area contributed by atoms with Crippen molar-refractivity contribution in [3.05, 3.63) is 65.2 Å². The molecule has 0 unspecified atom stereocenters. The molecule has 0 radical (unpaired) electrons. The lowest BCUT2D eigenvalue weighted by Gasteiger charge is -2.09. The van der Waals surface area contributed by atoms with E-state index in [-0.39, 0.29) is 5.91 Å². The fourth-order valence-corrected chi connectivity index (χ4v) is 2.75.